The van der Waals surface area contributed by atoms with E-state index in [9.17, 15) is 24.0 Å². The van der Waals surface area contributed by atoms with Crippen LogP contribution in [0.5, 0.6) is 5.75 Å². The highest BCUT2D eigenvalue weighted by atomic mass is 16.5. The maximum atomic E-state index is 13.4. The molecule has 3 aliphatic rings. The van der Waals surface area contributed by atoms with Gasteiger partial charge in [0.05, 0.1) is 29.4 Å². The Hall–Kier alpha value is -4.71. The Morgan fingerprint density at radius 2 is 1.80 bits per heavy atom. The molecule has 1 N–H and O–H groups in total. The van der Waals surface area contributed by atoms with Gasteiger partial charge in [-0.2, -0.15) is 0 Å². The van der Waals surface area contributed by atoms with Gasteiger partial charge in [0.1, 0.15) is 17.5 Å². The van der Waals surface area contributed by atoms with Crippen LogP contribution >= 0.6 is 0 Å². The number of amides is 5. The maximum Gasteiger partial charge on any atom is 0.270 e. The summed E-state index contributed by atoms with van der Waals surface area (Å²) < 4.78 is 7.26. The highest BCUT2D eigenvalue weighted by Crippen LogP contribution is 2.34. The van der Waals surface area contributed by atoms with Gasteiger partial charge >= 0.3 is 0 Å². The number of methoxy groups -OCH3 is 1. The van der Waals surface area contributed by atoms with Crippen LogP contribution in [0.15, 0.2) is 42.5 Å². The van der Waals surface area contributed by atoms with E-state index in [1.165, 1.54) is 0 Å². The summed E-state index contributed by atoms with van der Waals surface area (Å²) in [7, 11) is 5.42. The number of nitrogens with one attached hydrogen (secondary N) is 1. The van der Waals surface area contributed by atoms with Gasteiger partial charge in [-0.05, 0) is 49.7 Å². The van der Waals surface area contributed by atoms with Crippen LogP contribution in [-0.4, -0.2) is 108 Å². The Kier molecular flexibility index (Phi) is 7.85. The van der Waals surface area contributed by atoms with Gasteiger partial charge in [-0.15, -0.1) is 0 Å². The van der Waals surface area contributed by atoms with Crippen molar-refractivity contribution >= 4 is 46.1 Å². The molecule has 1 atom stereocenters. The van der Waals surface area contributed by atoms with Gasteiger partial charge in [0.25, 0.3) is 17.7 Å². The number of nitrogens with zero attached hydrogens (tertiary/aromatic N) is 5. The summed E-state index contributed by atoms with van der Waals surface area (Å²) in [6.45, 7) is 4.28. The summed E-state index contributed by atoms with van der Waals surface area (Å²) in [6, 6.07) is 11.9. The minimum absolute atomic E-state index is 0.0190. The normalized spacial score (nSPS) is 19.0. The van der Waals surface area contributed by atoms with E-state index in [0.717, 1.165) is 47.6 Å². The van der Waals surface area contributed by atoms with Gasteiger partial charge in [0, 0.05) is 64.7 Å². The van der Waals surface area contributed by atoms with Crippen LogP contribution in [0, 0.1) is 0 Å². The third kappa shape index (κ3) is 5.19. The molecular formula is C32H36N6O6. The average Bonchev–Trinajstić information content (AvgIpc) is 3.49. The van der Waals surface area contributed by atoms with Crippen molar-refractivity contribution in [3.63, 3.8) is 0 Å². The summed E-state index contributed by atoms with van der Waals surface area (Å²) in [6.07, 6.45) is 1.02. The quantitative estimate of drug-likeness (QED) is 0.389. The highest BCUT2D eigenvalue weighted by molar-refractivity contribution is 6.25. The van der Waals surface area contributed by atoms with Gasteiger partial charge in [-0.1, -0.05) is 6.07 Å². The van der Waals surface area contributed by atoms with Crippen LogP contribution in [0.4, 0.5) is 5.69 Å². The topological polar surface area (TPSA) is 124 Å². The van der Waals surface area contributed by atoms with Crippen molar-refractivity contribution in [3.8, 4) is 5.75 Å². The number of hydrogen-bond donors (Lipinski definition) is 1. The minimum Gasteiger partial charge on any atom is -0.497 e. The first-order chi connectivity index (χ1) is 21.2. The van der Waals surface area contributed by atoms with E-state index in [1.807, 2.05) is 58.8 Å². The van der Waals surface area contributed by atoms with Crippen molar-refractivity contribution < 1.29 is 28.7 Å². The molecule has 230 valence electrons. The molecule has 1 unspecified atom stereocenters. The molecule has 6 rings (SSSR count). The average molecular weight is 601 g/mol. The van der Waals surface area contributed by atoms with Crippen LogP contribution in [0.25, 0.3) is 10.9 Å². The summed E-state index contributed by atoms with van der Waals surface area (Å²) in [4.78, 5) is 71.2. The van der Waals surface area contributed by atoms with E-state index in [-0.39, 0.29) is 24.3 Å². The third-order valence-electron chi connectivity index (χ3n) is 8.96. The van der Waals surface area contributed by atoms with Crippen molar-refractivity contribution in [1.82, 2.24) is 24.6 Å². The zero-order valence-electron chi connectivity index (χ0n) is 25.2. The molecule has 0 spiro atoms. The number of piperazine rings is 1. The first-order valence-electron chi connectivity index (χ1n) is 14.9. The lowest BCUT2D eigenvalue weighted by molar-refractivity contribution is -0.136. The molecule has 2 aromatic carbocycles. The molecule has 0 saturated carbocycles. The zero-order valence-corrected chi connectivity index (χ0v) is 25.2. The van der Waals surface area contributed by atoms with E-state index in [1.54, 1.807) is 19.2 Å². The first kappa shape index (κ1) is 29.4. The number of anilines is 1. The molecule has 2 saturated heterocycles. The van der Waals surface area contributed by atoms with E-state index in [0.29, 0.717) is 36.6 Å². The van der Waals surface area contributed by atoms with Crippen LogP contribution in [0.3, 0.4) is 0 Å². The first-order valence-corrected chi connectivity index (χ1v) is 14.9. The maximum absolute atomic E-state index is 13.4. The zero-order chi connectivity index (χ0) is 31.1. The number of carbonyl (C=O) groups is 5. The van der Waals surface area contributed by atoms with E-state index in [4.69, 9.17) is 4.74 Å². The molecule has 12 nitrogen and oxygen atoms in total. The standard InChI is InChI=1S/C32H36N6O6/c1-34(23-7-4-6-22-28(23)32(43)38(30(22)41)24-10-11-27(39)33-29(24)40)12-5-13-36-14-16-37(17-15-36)31(42)26-18-20-8-9-21(44-3)19-25(20)35(26)2/h4,6-9,18-19,24H,5,10-17H2,1-3H3,(H,33,39,40). The van der Waals surface area contributed by atoms with Crippen molar-refractivity contribution in [2.24, 2.45) is 7.05 Å². The summed E-state index contributed by atoms with van der Waals surface area (Å²) >= 11 is 0. The highest BCUT2D eigenvalue weighted by Gasteiger charge is 2.45. The molecule has 3 aliphatic heterocycles. The monoisotopic (exact) mass is 600 g/mol. The smallest absolute Gasteiger partial charge is 0.270 e. The largest absolute Gasteiger partial charge is 0.497 e. The molecule has 0 bridgehead atoms. The Balaban J connectivity index is 1.03. The number of ether oxygens (including phenoxy) is 1. The Bertz CT molecular complexity index is 1670. The number of imide groups is 2. The third-order valence-corrected chi connectivity index (χ3v) is 8.96. The van der Waals surface area contributed by atoms with Crippen molar-refractivity contribution in [2.75, 3.05) is 58.3 Å². The van der Waals surface area contributed by atoms with Crippen LogP contribution < -0.4 is 15.0 Å². The predicted molar refractivity (Wildman–Crippen MR) is 163 cm³/mol. The van der Waals surface area contributed by atoms with Crippen LogP contribution in [-0.2, 0) is 16.6 Å². The Labute approximate surface area is 255 Å². The second-order valence-electron chi connectivity index (χ2n) is 11.6. The van der Waals surface area contributed by atoms with Crippen molar-refractivity contribution in [3.05, 3.63) is 59.3 Å². The van der Waals surface area contributed by atoms with Gasteiger partial charge in [0.15, 0.2) is 0 Å². The lowest BCUT2D eigenvalue weighted by Gasteiger charge is -2.35. The molecule has 2 fully saturated rings. The lowest BCUT2D eigenvalue weighted by atomic mass is 10.0. The molecule has 0 radical (unpaired) electrons. The Morgan fingerprint density at radius 3 is 2.52 bits per heavy atom. The summed E-state index contributed by atoms with van der Waals surface area (Å²) in [5.41, 5.74) is 2.81. The predicted octanol–water partition coefficient (Wildman–Crippen LogP) is 1.87. The summed E-state index contributed by atoms with van der Waals surface area (Å²) in [5, 5.41) is 3.23. The van der Waals surface area contributed by atoms with Crippen LogP contribution in [0.2, 0.25) is 0 Å². The summed E-state index contributed by atoms with van der Waals surface area (Å²) in [5.74, 6) is -1.26. The number of piperidine rings is 1. The number of aryl methyl sites for hydroxylation is 1. The molecule has 44 heavy (non-hydrogen) atoms. The fourth-order valence-corrected chi connectivity index (χ4v) is 6.45. The van der Waals surface area contributed by atoms with E-state index >= 15 is 0 Å². The van der Waals surface area contributed by atoms with Gasteiger partial charge in [-0.25, -0.2) is 0 Å². The van der Waals surface area contributed by atoms with Crippen molar-refractivity contribution in [1.29, 1.82) is 0 Å². The molecular weight excluding hydrogens is 564 g/mol. The van der Waals surface area contributed by atoms with Gasteiger partial charge < -0.3 is 19.1 Å². The number of hydrogen-bond acceptors (Lipinski definition) is 8. The number of benzene rings is 2. The number of aromatic nitrogens is 1. The van der Waals surface area contributed by atoms with E-state index < -0.39 is 29.7 Å². The van der Waals surface area contributed by atoms with Gasteiger partial charge in [0.2, 0.25) is 11.8 Å². The molecule has 3 aromatic rings. The fourth-order valence-electron chi connectivity index (χ4n) is 6.45. The van der Waals surface area contributed by atoms with Crippen LogP contribution in [0.1, 0.15) is 50.5 Å². The second-order valence-corrected chi connectivity index (χ2v) is 11.6. The lowest BCUT2D eigenvalue weighted by Crippen LogP contribution is -2.54. The van der Waals surface area contributed by atoms with E-state index in [2.05, 4.69) is 10.2 Å². The molecule has 12 heteroatoms. The number of carbonyl (C=O) groups excluding carboxylic acids is 5. The Morgan fingerprint density at radius 1 is 1.02 bits per heavy atom. The molecule has 0 aliphatic carbocycles. The molecule has 1 aromatic heterocycles. The number of rotatable bonds is 8. The fraction of sp³-hybridized carbons (Fsp3) is 0.406. The minimum atomic E-state index is -0.993. The van der Waals surface area contributed by atoms with Crippen molar-refractivity contribution in [2.45, 2.75) is 25.3 Å². The van der Waals surface area contributed by atoms with Gasteiger partial charge in [-0.3, -0.25) is 39.1 Å². The molecule has 4 heterocycles. The molecule has 5 amide bonds. The number of fused-ring (bicyclic) bond motifs is 2. The SMILES string of the molecule is COc1ccc2cc(C(=O)N3CCN(CCCN(C)c4cccc5c4C(=O)N(C4CCC(=O)NC4=O)C5=O)CC3)n(C)c2c1. The second kappa shape index (κ2) is 11.8.